The Morgan fingerprint density at radius 3 is 2.87 bits per heavy atom. The van der Waals surface area contributed by atoms with E-state index in [2.05, 4.69) is 11.9 Å². The number of nitrogens with two attached hydrogens (primary N) is 1. The average Bonchev–Trinajstić information content (AvgIpc) is 2.59. The number of anilines is 1. The van der Waals surface area contributed by atoms with E-state index in [0.717, 1.165) is 18.5 Å². The molecule has 1 aromatic heterocycles. The van der Waals surface area contributed by atoms with E-state index >= 15 is 0 Å². The van der Waals surface area contributed by atoms with Crippen molar-refractivity contribution in [2.75, 3.05) is 5.73 Å². The number of nitrogen functional groups attached to an aromatic ring is 1. The Hall–Kier alpha value is -0.900. The van der Waals surface area contributed by atoms with Crippen molar-refractivity contribution < 1.29 is 4.79 Å². The molecule has 3 nitrogen and oxygen atoms in total. The zero-order valence-corrected chi connectivity index (χ0v) is 9.98. The van der Waals surface area contributed by atoms with Crippen LogP contribution < -0.4 is 5.73 Å². The summed E-state index contributed by atoms with van der Waals surface area (Å²) < 4.78 is 0. The molecule has 0 unspecified atom stereocenters. The zero-order valence-electron chi connectivity index (χ0n) is 9.16. The predicted octanol–water partition coefficient (Wildman–Crippen LogP) is 2.81. The molecule has 1 heterocycles. The van der Waals surface area contributed by atoms with Gasteiger partial charge in [-0.25, -0.2) is 4.98 Å². The van der Waals surface area contributed by atoms with Gasteiger partial charge in [-0.1, -0.05) is 26.2 Å². The van der Waals surface area contributed by atoms with Gasteiger partial charge in [0.1, 0.15) is 5.78 Å². The lowest BCUT2D eigenvalue weighted by molar-refractivity contribution is -0.118. The second-order valence-corrected chi connectivity index (χ2v) is 4.59. The highest BCUT2D eigenvalue weighted by Gasteiger charge is 2.06. The minimum absolute atomic E-state index is 0.274. The second-order valence-electron chi connectivity index (χ2n) is 3.70. The van der Waals surface area contributed by atoms with Crippen LogP contribution in [0.1, 0.15) is 44.7 Å². The molecule has 1 rings (SSSR count). The lowest BCUT2D eigenvalue weighted by Gasteiger charge is -1.98. The van der Waals surface area contributed by atoms with Crippen LogP contribution in [-0.2, 0) is 11.2 Å². The van der Waals surface area contributed by atoms with Gasteiger partial charge in [-0.2, -0.15) is 0 Å². The minimum Gasteiger partial charge on any atom is -0.375 e. The van der Waals surface area contributed by atoms with Crippen LogP contribution in [0.15, 0.2) is 5.38 Å². The number of hydrogen-bond acceptors (Lipinski definition) is 4. The molecule has 0 bridgehead atoms. The number of hydrogen-bond donors (Lipinski definition) is 1. The fraction of sp³-hybridized carbons (Fsp3) is 0.636. The van der Waals surface area contributed by atoms with Gasteiger partial charge < -0.3 is 5.73 Å². The summed E-state index contributed by atoms with van der Waals surface area (Å²) in [5, 5.41) is 2.41. The third-order valence-corrected chi connectivity index (χ3v) is 2.98. The normalized spacial score (nSPS) is 10.5. The smallest absolute Gasteiger partial charge is 0.180 e. The first-order valence-electron chi connectivity index (χ1n) is 5.44. The maximum atomic E-state index is 11.5. The largest absolute Gasteiger partial charge is 0.375 e. The Morgan fingerprint density at radius 1 is 1.47 bits per heavy atom. The van der Waals surface area contributed by atoms with Crippen LogP contribution in [-0.4, -0.2) is 10.8 Å². The van der Waals surface area contributed by atoms with Gasteiger partial charge in [-0.3, -0.25) is 4.79 Å². The van der Waals surface area contributed by atoms with Crippen LogP contribution >= 0.6 is 11.3 Å². The molecular weight excluding hydrogens is 208 g/mol. The van der Waals surface area contributed by atoms with E-state index in [1.165, 1.54) is 24.2 Å². The Labute approximate surface area is 94.7 Å². The van der Waals surface area contributed by atoms with Crippen LogP contribution in [0.2, 0.25) is 0 Å². The third-order valence-electron chi connectivity index (χ3n) is 2.26. The minimum atomic E-state index is 0.274. The number of thiazole rings is 1. The summed E-state index contributed by atoms with van der Waals surface area (Å²) in [4.78, 5) is 15.6. The average molecular weight is 226 g/mol. The van der Waals surface area contributed by atoms with Crippen molar-refractivity contribution in [3.63, 3.8) is 0 Å². The third kappa shape index (κ3) is 4.93. The van der Waals surface area contributed by atoms with Crippen LogP contribution in [0.3, 0.4) is 0 Å². The van der Waals surface area contributed by atoms with Crippen LogP contribution in [0.5, 0.6) is 0 Å². The van der Waals surface area contributed by atoms with Gasteiger partial charge in [0.05, 0.1) is 5.69 Å². The van der Waals surface area contributed by atoms with E-state index < -0.39 is 0 Å². The number of aromatic nitrogens is 1. The first-order valence-corrected chi connectivity index (χ1v) is 6.32. The summed E-state index contributed by atoms with van der Waals surface area (Å²) in [6.45, 7) is 2.17. The van der Waals surface area contributed by atoms with Crippen molar-refractivity contribution in [1.29, 1.82) is 0 Å². The molecule has 0 aliphatic heterocycles. The number of ketones is 1. The molecule has 2 N–H and O–H groups in total. The van der Waals surface area contributed by atoms with E-state index in [1.807, 2.05) is 5.38 Å². The summed E-state index contributed by atoms with van der Waals surface area (Å²) in [5.41, 5.74) is 6.31. The van der Waals surface area contributed by atoms with Crippen molar-refractivity contribution in [1.82, 2.24) is 4.98 Å². The SMILES string of the molecule is CCCCCCC(=O)Cc1csc(N)n1. The van der Waals surface area contributed by atoms with Gasteiger partial charge in [0.15, 0.2) is 5.13 Å². The number of rotatable bonds is 7. The van der Waals surface area contributed by atoms with Gasteiger partial charge in [0.25, 0.3) is 0 Å². The van der Waals surface area contributed by atoms with E-state index in [9.17, 15) is 4.79 Å². The molecule has 15 heavy (non-hydrogen) atoms. The Kier molecular flexibility index (Phi) is 5.32. The topological polar surface area (TPSA) is 56.0 Å². The van der Waals surface area contributed by atoms with E-state index in [1.54, 1.807) is 0 Å². The monoisotopic (exact) mass is 226 g/mol. The summed E-state index contributed by atoms with van der Waals surface area (Å²) in [7, 11) is 0. The van der Waals surface area contributed by atoms with Crippen molar-refractivity contribution in [2.45, 2.75) is 45.4 Å². The summed E-state index contributed by atoms with van der Waals surface area (Å²) in [6.07, 6.45) is 5.71. The van der Waals surface area contributed by atoms with Crippen LogP contribution in [0.4, 0.5) is 5.13 Å². The maximum absolute atomic E-state index is 11.5. The first-order chi connectivity index (χ1) is 7.22. The fourth-order valence-electron chi connectivity index (χ4n) is 1.44. The molecule has 0 radical (unpaired) electrons. The van der Waals surface area contributed by atoms with Gasteiger partial charge >= 0.3 is 0 Å². The van der Waals surface area contributed by atoms with Crippen molar-refractivity contribution in [3.8, 4) is 0 Å². The number of unbranched alkanes of at least 4 members (excludes halogenated alkanes) is 3. The van der Waals surface area contributed by atoms with E-state index in [4.69, 9.17) is 5.73 Å². The molecule has 0 saturated carbocycles. The van der Waals surface area contributed by atoms with Crippen molar-refractivity contribution in [2.24, 2.45) is 0 Å². The molecule has 84 valence electrons. The van der Waals surface area contributed by atoms with Crippen molar-refractivity contribution in [3.05, 3.63) is 11.1 Å². The van der Waals surface area contributed by atoms with Gasteiger partial charge in [0.2, 0.25) is 0 Å². The Morgan fingerprint density at radius 2 is 2.27 bits per heavy atom. The molecule has 0 aliphatic rings. The van der Waals surface area contributed by atoms with Gasteiger partial charge in [-0.05, 0) is 6.42 Å². The zero-order chi connectivity index (χ0) is 11.1. The van der Waals surface area contributed by atoms with Crippen LogP contribution in [0, 0.1) is 0 Å². The highest BCUT2D eigenvalue weighted by molar-refractivity contribution is 7.13. The molecule has 0 atom stereocenters. The number of carbonyl (C=O) groups is 1. The number of carbonyl (C=O) groups excluding carboxylic acids is 1. The van der Waals surface area contributed by atoms with Gasteiger partial charge in [0, 0.05) is 18.2 Å². The lowest BCUT2D eigenvalue weighted by atomic mass is 10.1. The molecule has 0 fully saturated rings. The van der Waals surface area contributed by atoms with Gasteiger partial charge in [-0.15, -0.1) is 11.3 Å². The lowest BCUT2D eigenvalue weighted by Crippen LogP contribution is -2.02. The van der Waals surface area contributed by atoms with E-state index in [-0.39, 0.29) is 5.78 Å². The highest BCUT2D eigenvalue weighted by Crippen LogP contribution is 2.13. The first kappa shape index (κ1) is 12.2. The maximum Gasteiger partial charge on any atom is 0.180 e. The molecule has 4 heteroatoms. The standard InChI is InChI=1S/C11H18N2OS/c1-2-3-4-5-6-10(14)7-9-8-15-11(12)13-9/h8H,2-7H2,1H3,(H2,12,13). The molecular formula is C11H18N2OS. The summed E-state index contributed by atoms with van der Waals surface area (Å²) >= 11 is 1.39. The predicted molar refractivity (Wildman–Crippen MR) is 64.0 cm³/mol. The molecule has 0 saturated heterocycles. The van der Waals surface area contributed by atoms with Crippen LogP contribution in [0.25, 0.3) is 0 Å². The molecule has 0 amide bonds. The second kappa shape index (κ2) is 6.56. The van der Waals surface area contributed by atoms with E-state index in [0.29, 0.717) is 18.0 Å². The molecule has 0 aliphatic carbocycles. The number of nitrogens with zero attached hydrogens (tertiary/aromatic N) is 1. The quantitative estimate of drug-likeness (QED) is 0.727. The highest BCUT2D eigenvalue weighted by atomic mass is 32.1. The summed E-state index contributed by atoms with van der Waals surface area (Å²) in [6, 6.07) is 0. The molecule has 1 aromatic rings. The summed E-state index contributed by atoms with van der Waals surface area (Å²) in [5.74, 6) is 0.274. The molecule has 0 spiro atoms. The Bertz CT molecular complexity index is 309. The molecule has 0 aromatic carbocycles. The Balaban J connectivity index is 2.18. The number of Topliss-reactive ketones (excluding diaryl/α,β-unsaturated/α-hetero) is 1. The fourth-order valence-corrected chi connectivity index (χ4v) is 2.01. The van der Waals surface area contributed by atoms with Crippen molar-refractivity contribution >= 4 is 22.3 Å².